The standard InChI is InChI=1S/C12H17N3O/c13-11-7-15(9-2-1-3-9)6-10(11)12(16)14-8-4-5-8/h6-9H,1-5,13H2,(H,14,16). The van der Waals surface area contributed by atoms with Crippen LogP contribution >= 0.6 is 0 Å². The summed E-state index contributed by atoms with van der Waals surface area (Å²) in [6.07, 6.45) is 9.70. The highest BCUT2D eigenvalue weighted by molar-refractivity contribution is 5.99. The number of hydrogen-bond acceptors (Lipinski definition) is 2. The zero-order valence-corrected chi connectivity index (χ0v) is 9.28. The summed E-state index contributed by atoms with van der Waals surface area (Å²) in [7, 11) is 0. The number of nitrogen functional groups attached to an aromatic ring is 1. The molecule has 2 aliphatic rings. The Hall–Kier alpha value is -1.45. The number of nitrogens with one attached hydrogen (secondary N) is 1. The largest absolute Gasteiger partial charge is 0.397 e. The molecular formula is C12H17N3O. The molecule has 1 heterocycles. The van der Waals surface area contributed by atoms with E-state index in [1.54, 1.807) is 0 Å². The summed E-state index contributed by atoms with van der Waals surface area (Å²) in [6.45, 7) is 0. The van der Waals surface area contributed by atoms with Crippen LogP contribution in [0, 0.1) is 0 Å². The van der Waals surface area contributed by atoms with E-state index in [9.17, 15) is 4.79 Å². The molecule has 0 bridgehead atoms. The lowest BCUT2D eigenvalue weighted by atomic mass is 9.93. The van der Waals surface area contributed by atoms with Crippen molar-refractivity contribution in [3.05, 3.63) is 18.0 Å². The number of carbonyl (C=O) groups is 1. The maximum Gasteiger partial charge on any atom is 0.255 e. The van der Waals surface area contributed by atoms with Gasteiger partial charge in [0.2, 0.25) is 0 Å². The minimum Gasteiger partial charge on any atom is -0.397 e. The molecule has 0 aromatic carbocycles. The van der Waals surface area contributed by atoms with E-state index in [0.717, 1.165) is 12.8 Å². The van der Waals surface area contributed by atoms with Crippen LogP contribution in [-0.2, 0) is 0 Å². The molecule has 1 amide bonds. The Labute approximate surface area is 94.8 Å². The van der Waals surface area contributed by atoms with Gasteiger partial charge in [-0.2, -0.15) is 0 Å². The van der Waals surface area contributed by atoms with Crippen LogP contribution in [0.15, 0.2) is 12.4 Å². The second kappa shape index (κ2) is 3.54. The molecule has 0 saturated heterocycles. The third kappa shape index (κ3) is 1.68. The van der Waals surface area contributed by atoms with Gasteiger partial charge in [0, 0.05) is 24.5 Å². The number of aromatic nitrogens is 1. The first-order chi connectivity index (χ1) is 7.74. The van der Waals surface area contributed by atoms with Gasteiger partial charge in [0.15, 0.2) is 0 Å². The van der Waals surface area contributed by atoms with Crippen LogP contribution in [0.1, 0.15) is 48.5 Å². The van der Waals surface area contributed by atoms with Crippen LogP contribution < -0.4 is 11.1 Å². The summed E-state index contributed by atoms with van der Waals surface area (Å²) in [5, 5.41) is 2.97. The molecular weight excluding hydrogens is 202 g/mol. The number of carbonyl (C=O) groups excluding carboxylic acids is 1. The summed E-state index contributed by atoms with van der Waals surface area (Å²) >= 11 is 0. The lowest BCUT2D eigenvalue weighted by molar-refractivity contribution is 0.0951. The second-order valence-corrected chi connectivity index (χ2v) is 4.91. The predicted octanol–water partition coefficient (Wildman–Crippen LogP) is 1.69. The zero-order chi connectivity index (χ0) is 11.1. The number of amides is 1. The van der Waals surface area contributed by atoms with E-state index < -0.39 is 0 Å². The Morgan fingerprint density at radius 2 is 2.06 bits per heavy atom. The maximum atomic E-state index is 11.9. The van der Waals surface area contributed by atoms with Crippen molar-refractivity contribution in [1.29, 1.82) is 0 Å². The van der Waals surface area contributed by atoms with Gasteiger partial charge < -0.3 is 15.6 Å². The molecule has 4 heteroatoms. The first-order valence-electron chi connectivity index (χ1n) is 6.02. The van der Waals surface area contributed by atoms with Gasteiger partial charge in [0.25, 0.3) is 5.91 Å². The van der Waals surface area contributed by atoms with Gasteiger partial charge in [0.1, 0.15) is 0 Å². The normalized spacial score (nSPS) is 20.5. The zero-order valence-electron chi connectivity index (χ0n) is 9.28. The van der Waals surface area contributed by atoms with Gasteiger partial charge >= 0.3 is 0 Å². The number of anilines is 1. The van der Waals surface area contributed by atoms with Crippen molar-refractivity contribution in [2.45, 2.75) is 44.2 Å². The van der Waals surface area contributed by atoms with Crippen LogP contribution in [0.5, 0.6) is 0 Å². The van der Waals surface area contributed by atoms with Crippen LogP contribution in [0.2, 0.25) is 0 Å². The highest BCUT2D eigenvalue weighted by Crippen LogP contribution is 2.33. The molecule has 3 N–H and O–H groups in total. The number of rotatable bonds is 3. The molecule has 0 atom stereocenters. The first-order valence-corrected chi connectivity index (χ1v) is 6.02. The van der Waals surface area contributed by atoms with E-state index in [2.05, 4.69) is 9.88 Å². The molecule has 0 unspecified atom stereocenters. The third-order valence-corrected chi connectivity index (χ3v) is 3.53. The van der Waals surface area contributed by atoms with Crippen LogP contribution in [0.25, 0.3) is 0 Å². The summed E-state index contributed by atoms with van der Waals surface area (Å²) in [4.78, 5) is 11.9. The average Bonchev–Trinajstić information content (AvgIpc) is 2.87. The predicted molar refractivity (Wildman–Crippen MR) is 62.2 cm³/mol. The summed E-state index contributed by atoms with van der Waals surface area (Å²) in [6, 6.07) is 0.948. The van der Waals surface area contributed by atoms with Crippen LogP contribution in [0.4, 0.5) is 5.69 Å². The third-order valence-electron chi connectivity index (χ3n) is 3.53. The molecule has 0 spiro atoms. The van der Waals surface area contributed by atoms with Crippen molar-refractivity contribution in [3.63, 3.8) is 0 Å². The Bertz CT molecular complexity index is 416. The van der Waals surface area contributed by atoms with Gasteiger partial charge in [0.05, 0.1) is 11.3 Å². The molecule has 16 heavy (non-hydrogen) atoms. The molecule has 0 radical (unpaired) electrons. The lowest BCUT2D eigenvalue weighted by Crippen LogP contribution is -2.25. The van der Waals surface area contributed by atoms with Gasteiger partial charge in [-0.25, -0.2) is 0 Å². The Morgan fingerprint density at radius 1 is 1.31 bits per heavy atom. The van der Waals surface area contributed by atoms with E-state index in [-0.39, 0.29) is 5.91 Å². The van der Waals surface area contributed by atoms with Crippen LogP contribution in [-0.4, -0.2) is 16.5 Å². The van der Waals surface area contributed by atoms with Crippen molar-refractivity contribution in [2.75, 3.05) is 5.73 Å². The maximum absolute atomic E-state index is 11.9. The summed E-state index contributed by atoms with van der Waals surface area (Å²) in [5.41, 5.74) is 7.11. The molecule has 1 aromatic heterocycles. The van der Waals surface area contributed by atoms with Gasteiger partial charge in [-0.1, -0.05) is 0 Å². The molecule has 86 valence electrons. The van der Waals surface area contributed by atoms with E-state index >= 15 is 0 Å². The van der Waals surface area contributed by atoms with E-state index in [4.69, 9.17) is 5.73 Å². The SMILES string of the molecule is Nc1cn(C2CCC2)cc1C(=O)NC1CC1. The van der Waals surface area contributed by atoms with E-state index in [1.165, 1.54) is 19.3 Å². The topological polar surface area (TPSA) is 60.0 Å². The van der Waals surface area contributed by atoms with Gasteiger partial charge in [-0.05, 0) is 32.1 Å². The average molecular weight is 219 g/mol. The van der Waals surface area contributed by atoms with Crippen molar-refractivity contribution < 1.29 is 4.79 Å². The fraction of sp³-hybridized carbons (Fsp3) is 0.583. The Morgan fingerprint density at radius 3 is 2.62 bits per heavy atom. The first kappa shape index (κ1) is 9.75. The molecule has 2 saturated carbocycles. The Balaban J connectivity index is 1.76. The van der Waals surface area contributed by atoms with Crippen molar-refractivity contribution in [1.82, 2.24) is 9.88 Å². The van der Waals surface area contributed by atoms with Crippen molar-refractivity contribution >= 4 is 11.6 Å². The fourth-order valence-electron chi connectivity index (χ4n) is 2.07. The Kier molecular flexibility index (Phi) is 2.16. The number of nitrogens with zero attached hydrogens (tertiary/aromatic N) is 1. The fourth-order valence-corrected chi connectivity index (χ4v) is 2.07. The molecule has 0 aliphatic heterocycles. The monoisotopic (exact) mass is 219 g/mol. The molecule has 1 aromatic rings. The van der Waals surface area contributed by atoms with Crippen molar-refractivity contribution in [2.24, 2.45) is 0 Å². The van der Waals surface area contributed by atoms with Crippen LogP contribution in [0.3, 0.4) is 0 Å². The summed E-state index contributed by atoms with van der Waals surface area (Å²) < 4.78 is 2.10. The van der Waals surface area contributed by atoms with E-state index in [0.29, 0.717) is 23.3 Å². The van der Waals surface area contributed by atoms with Crippen molar-refractivity contribution in [3.8, 4) is 0 Å². The highest BCUT2D eigenvalue weighted by Gasteiger charge is 2.26. The minimum absolute atomic E-state index is 0.0157. The minimum atomic E-state index is -0.0157. The lowest BCUT2D eigenvalue weighted by Gasteiger charge is -2.26. The van der Waals surface area contributed by atoms with Gasteiger partial charge in [-0.15, -0.1) is 0 Å². The molecule has 3 rings (SSSR count). The smallest absolute Gasteiger partial charge is 0.255 e. The number of nitrogens with two attached hydrogens (primary N) is 1. The molecule has 4 nitrogen and oxygen atoms in total. The summed E-state index contributed by atoms with van der Waals surface area (Å²) in [5.74, 6) is -0.0157. The second-order valence-electron chi connectivity index (χ2n) is 4.91. The van der Waals surface area contributed by atoms with Gasteiger partial charge in [-0.3, -0.25) is 4.79 Å². The molecule has 2 aliphatic carbocycles. The number of hydrogen-bond donors (Lipinski definition) is 2. The quantitative estimate of drug-likeness (QED) is 0.812. The van der Waals surface area contributed by atoms with E-state index in [1.807, 2.05) is 12.4 Å². The highest BCUT2D eigenvalue weighted by atomic mass is 16.1. The molecule has 2 fully saturated rings.